The molecule has 1 aliphatic heterocycles. The fourth-order valence-corrected chi connectivity index (χ4v) is 3.35. The van der Waals surface area contributed by atoms with Gasteiger partial charge < -0.3 is 15.5 Å². The van der Waals surface area contributed by atoms with Crippen molar-refractivity contribution in [3.63, 3.8) is 0 Å². The molecule has 1 saturated heterocycles. The first kappa shape index (κ1) is 17.7. The molecule has 8 heteroatoms. The molecular weight excluding hydrogens is 335 g/mol. The number of carbonyl (C=O) groups excluding carboxylic acids is 1. The van der Waals surface area contributed by atoms with E-state index in [0.29, 0.717) is 24.5 Å². The third-order valence-electron chi connectivity index (χ3n) is 4.53. The number of hydrogen-bond acceptors (Lipinski definition) is 4. The molecule has 1 aliphatic rings. The lowest BCUT2D eigenvalue weighted by Crippen LogP contribution is -2.35. The van der Waals surface area contributed by atoms with E-state index in [1.54, 1.807) is 18.3 Å². The van der Waals surface area contributed by atoms with Crippen LogP contribution in [-0.2, 0) is 0 Å². The standard InChI is InChI=1S/C18H21FN6O/c1-2-21-18(26)23-15-10-22-24-17(15)12-5-4-8-25(11-12)16-7-3-6-14(19)13(16)9-20/h3,6-7,10,12H,2,4-5,8,11H2,1H3,(H,22,24)(H2,21,23,26)/t12-/m0/s1. The second kappa shape index (κ2) is 7.87. The van der Waals surface area contributed by atoms with Crippen LogP contribution in [0.25, 0.3) is 0 Å². The van der Waals surface area contributed by atoms with Crippen LogP contribution in [-0.4, -0.2) is 35.9 Å². The zero-order chi connectivity index (χ0) is 18.5. The highest BCUT2D eigenvalue weighted by molar-refractivity contribution is 5.89. The Morgan fingerprint density at radius 2 is 2.38 bits per heavy atom. The molecule has 0 radical (unpaired) electrons. The van der Waals surface area contributed by atoms with E-state index >= 15 is 0 Å². The number of anilines is 2. The van der Waals surface area contributed by atoms with Crippen molar-refractivity contribution in [2.45, 2.75) is 25.7 Å². The summed E-state index contributed by atoms with van der Waals surface area (Å²) in [6, 6.07) is 6.37. The van der Waals surface area contributed by atoms with Gasteiger partial charge in [0.05, 0.1) is 23.3 Å². The number of H-pyrrole nitrogens is 1. The largest absolute Gasteiger partial charge is 0.370 e. The molecule has 3 N–H and O–H groups in total. The number of amides is 2. The van der Waals surface area contributed by atoms with Crippen molar-refractivity contribution in [2.75, 3.05) is 29.9 Å². The van der Waals surface area contributed by atoms with E-state index in [2.05, 4.69) is 20.8 Å². The summed E-state index contributed by atoms with van der Waals surface area (Å²) in [6.45, 7) is 3.75. The van der Waals surface area contributed by atoms with Gasteiger partial charge in [0.1, 0.15) is 17.4 Å². The smallest absolute Gasteiger partial charge is 0.319 e. The SMILES string of the molecule is CCNC(=O)Nc1cn[nH]c1[C@H]1CCCN(c2cccc(F)c2C#N)C1. The third-order valence-corrected chi connectivity index (χ3v) is 4.53. The van der Waals surface area contributed by atoms with Gasteiger partial charge in [-0.05, 0) is 31.9 Å². The van der Waals surface area contributed by atoms with Gasteiger partial charge in [0, 0.05) is 25.6 Å². The van der Waals surface area contributed by atoms with Gasteiger partial charge in [0.2, 0.25) is 0 Å². The number of rotatable bonds is 4. The summed E-state index contributed by atoms with van der Waals surface area (Å²) in [6.07, 6.45) is 3.40. The molecule has 1 aromatic heterocycles. The average Bonchev–Trinajstić information content (AvgIpc) is 3.10. The molecule has 1 fully saturated rings. The molecule has 2 heterocycles. The molecule has 2 aromatic rings. The molecule has 1 atom stereocenters. The number of nitrogens with zero attached hydrogens (tertiary/aromatic N) is 3. The minimum atomic E-state index is -0.507. The van der Waals surface area contributed by atoms with Crippen molar-refractivity contribution in [2.24, 2.45) is 0 Å². The van der Waals surface area contributed by atoms with Crippen LogP contribution in [0.1, 0.15) is 36.9 Å². The molecule has 7 nitrogen and oxygen atoms in total. The Bertz CT molecular complexity index is 827. The first-order valence-electron chi connectivity index (χ1n) is 8.65. The quantitative estimate of drug-likeness (QED) is 0.785. The Balaban J connectivity index is 1.80. The average molecular weight is 356 g/mol. The summed E-state index contributed by atoms with van der Waals surface area (Å²) < 4.78 is 13.9. The number of piperidine rings is 1. The van der Waals surface area contributed by atoms with E-state index in [-0.39, 0.29) is 17.5 Å². The van der Waals surface area contributed by atoms with Gasteiger partial charge in [0.25, 0.3) is 0 Å². The van der Waals surface area contributed by atoms with E-state index in [1.165, 1.54) is 6.07 Å². The molecule has 0 saturated carbocycles. The Morgan fingerprint density at radius 3 is 3.15 bits per heavy atom. The van der Waals surface area contributed by atoms with Gasteiger partial charge >= 0.3 is 6.03 Å². The maximum atomic E-state index is 13.9. The molecule has 0 unspecified atom stereocenters. The van der Waals surface area contributed by atoms with E-state index in [0.717, 1.165) is 25.1 Å². The van der Waals surface area contributed by atoms with Crippen molar-refractivity contribution in [1.82, 2.24) is 15.5 Å². The lowest BCUT2D eigenvalue weighted by Gasteiger charge is -2.34. The molecule has 0 bridgehead atoms. The molecule has 0 spiro atoms. The summed E-state index contributed by atoms with van der Waals surface area (Å²) in [5, 5.41) is 21.8. The maximum Gasteiger partial charge on any atom is 0.319 e. The van der Waals surface area contributed by atoms with Crippen molar-refractivity contribution >= 4 is 17.4 Å². The van der Waals surface area contributed by atoms with Crippen molar-refractivity contribution < 1.29 is 9.18 Å². The van der Waals surface area contributed by atoms with Gasteiger partial charge in [-0.1, -0.05) is 6.07 Å². The minimum absolute atomic E-state index is 0.0680. The summed E-state index contributed by atoms with van der Waals surface area (Å²) in [5.74, 6) is -0.412. The number of hydrogen-bond donors (Lipinski definition) is 3. The monoisotopic (exact) mass is 356 g/mol. The second-order valence-electron chi connectivity index (χ2n) is 6.21. The summed E-state index contributed by atoms with van der Waals surface area (Å²) in [5.41, 5.74) is 2.16. The molecule has 1 aromatic carbocycles. The van der Waals surface area contributed by atoms with Crippen LogP contribution in [0.2, 0.25) is 0 Å². The minimum Gasteiger partial charge on any atom is -0.370 e. The number of nitrogens with one attached hydrogen (secondary N) is 3. The highest BCUT2D eigenvalue weighted by Gasteiger charge is 2.27. The van der Waals surface area contributed by atoms with Crippen LogP contribution in [0, 0.1) is 17.1 Å². The Morgan fingerprint density at radius 1 is 1.54 bits per heavy atom. The number of halogens is 1. The number of benzene rings is 1. The highest BCUT2D eigenvalue weighted by atomic mass is 19.1. The number of carbonyl (C=O) groups is 1. The van der Waals surface area contributed by atoms with Crippen molar-refractivity contribution in [3.05, 3.63) is 41.5 Å². The zero-order valence-corrected chi connectivity index (χ0v) is 14.6. The van der Waals surface area contributed by atoms with E-state index in [1.807, 2.05) is 17.9 Å². The van der Waals surface area contributed by atoms with Gasteiger partial charge in [0.15, 0.2) is 0 Å². The van der Waals surface area contributed by atoms with Crippen LogP contribution in [0.15, 0.2) is 24.4 Å². The van der Waals surface area contributed by atoms with Gasteiger partial charge in [-0.15, -0.1) is 0 Å². The summed E-state index contributed by atoms with van der Waals surface area (Å²) in [7, 11) is 0. The first-order valence-corrected chi connectivity index (χ1v) is 8.65. The fourth-order valence-electron chi connectivity index (χ4n) is 3.35. The number of aromatic amines is 1. The van der Waals surface area contributed by atoms with Crippen LogP contribution in [0.5, 0.6) is 0 Å². The van der Waals surface area contributed by atoms with E-state index < -0.39 is 5.82 Å². The topological polar surface area (TPSA) is 96.8 Å². The number of aromatic nitrogens is 2. The van der Waals surface area contributed by atoms with Crippen molar-refractivity contribution in [1.29, 1.82) is 5.26 Å². The normalized spacial score (nSPS) is 16.8. The van der Waals surface area contributed by atoms with Gasteiger partial charge in [-0.25, -0.2) is 9.18 Å². The van der Waals surface area contributed by atoms with E-state index in [4.69, 9.17) is 0 Å². The first-order chi connectivity index (χ1) is 12.6. The maximum absolute atomic E-state index is 13.9. The number of urea groups is 1. The fraction of sp³-hybridized carbons (Fsp3) is 0.389. The molecule has 136 valence electrons. The highest BCUT2D eigenvalue weighted by Crippen LogP contribution is 2.34. The molecular formula is C18H21FN6O. The van der Waals surface area contributed by atoms with Crippen molar-refractivity contribution in [3.8, 4) is 6.07 Å². The lowest BCUT2D eigenvalue weighted by molar-refractivity contribution is 0.252. The Labute approximate surface area is 151 Å². The van der Waals surface area contributed by atoms with E-state index in [9.17, 15) is 14.4 Å². The van der Waals surface area contributed by atoms with Crippen LogP contribution in [0.4, 0.5) is 20.6 Å². The number of nitriles is 1. The summed E-state index contributed by atoms with van der Waals surface area (Å²) in [4.78, 5) is 13.8. The third kappa shape index (κ3) is 3.61. The van der Waals surface area contributed by atoms with Crippen LogP contribution >= 0.6 is 0 Å². The molecule has 2 amide bonds. The van der Waals surface area contributed by atoms with Gasteiger partial charge in [-0.3, -0.25) is 5.10 Å². The lowest BCUT2D eigenvalue weighted by atomic mass is 9.93. The Hall–Kier alpha value is -3.08. The molecule has 3 rings (SSSR count). The van der Waals surface area contributed by atoms with Crippen LogP contribution in [0.3, 0.4) is 0 Å². The Kier molecular flexibility index (Phi) is 5.37. The molecule has 0 aliphatic carbocycles. The predicted molar refractivity (Wildman–Crippen MR) is 96.6 cm³/mol. The predicted octanol–water partition coefficient (Wildman–Crippen LogP) is 2.95. The van der Waals surface area contributed by atoms with Crippen LogP contribution < -0.4 is 15.5 Å². The zero-order valence-electron chi connectivity index (χ0n) is 14.6. The van der Waals surface area contributed by atoms with Gasteiger partial charge in [-0.2, -0.15) is 10.4 Å². The second-order valence-corrected chi connectivity index (χ2v) is 6.21. The summed E-state index contributed by atoms with van der Waals surface area (Å²) >= 11 is 0. The molecule has 26 heavy (non-hydrogen) atoms.